The number of halogens is 3. The van der Waals surface area contributed by atoms with E-state index in [-0.39, 0.29) is 6.61 Å². The van der Waals surface area contributed by atoms with E-state index < -0.39 is 17.7 Å². The SMILES string of the molecule is Cc1nc(-c2cccc(C(F)(F)F)c2)sc1COc1ccc(/C=C/C(=O)O)cc1. The summed E-state index contributed by atoms with van der Waals surface area (Å²) in [5, 5.41) is 9.13. The number of aliphatic carboxylic acids is 1. The molecule has 2 aromatic carbocycles. The number of alkyl halides is 3. The number of aromatic nitrogens is 1. The Morgan fingerprint density at radius 1 is 1.21 bits per heavy atom. The largest absolute Gasteiger partial charge is 0.488 e. The molecule has 4 nitrogen and oxygen atoms in total. The van der Waals surface area contributed by atoms with Crippen LogP contribution in [0.2, 0.25) is 0 Å². The molecule has 150 valence electrons. The molecule has 0 unspecified atom stereocenters. The predicted molar refractivity (Wildman–Crippen MR) is 105 cm³/mol. The van der Waals surface area contributed by atoms with Crippen LogP contribution in [0.5, 0.6) is 5.75 Å². The molecular weight excluding hydrogens is 403 g/mol. The van der Waals surface area contributed by atoms with Crippen molar-refractivity contribution in [2.75, 3.05) is 0 Å². The van der Waals surface area contributed by atoms with Gasteiger partial charge in [0, 0.05) is 11.6 Å². The third kappa shape index (κ3) is 5.45. The van der Waals surface area contributed by atoms with E-state index in [1.807, 2.05) is 0 Å². The number of carbonyl (C=O) groups is 1. The van der Waals surface area contributed by atoms with Crippen molar-refractivity contribution in [3.63, 3.8) is 0 Å². The average molecular weight is 419 g/mol. The summed E-state index contributed by atoms with van der Waals surface area (Å²) >= 11 is 1.29. The van der Waals surface area contributed by atoms with Gasteiger partial charge in [-0.3, -0.25) is 0 Å². The monoisotopic (exact) mass is 419 g/mol. The molecule has 1 aromatic heterocycles. The molecule has 0 atom stereocenters. The van der Waals surface area contributed by atoms with Crippen LogP contribution in [0.1, 0.15) is 21.7 Å². The van der Waals surface area contributed by atoms with E-state index in [0.29, 0.717) is 22.0 Å². The lowest BCUT2D eigenvalue weighted by molar-refractivity contribution is -0.137. The maximum absolute atomic E-state index is 12.9. The first-order chi connectivity index (χ1) is 13.7. The second-order valence-electron chi connectivity index (χ2n) is 6.14. The zero-order chi connectivity index (χ0) is 21.0. The van der Waals surface area contributed by atoms with Gasteiger partial charge in [-0.2, -0.15) is 13.2 Å². The Morgan fingerprint density at radius 3 is 2.59 bits per heavy atom. The highest BCUT2D eigenvalue weighted by molar-refractivity contribution is 7.15. The van der Waals surface area contributed by atoms with Gasteiger partial charge in [0.15, 0.2) is 0 Å². The molecule has 0 aliphatic rings. The highest BCUT2D eigenvalue weighted by Crippen LogP contribution is 2.34. The lowest BCUT2D eigenvalue weighted by atomic mass is 10.1. The van der Waals surface area contributed by atoms with Gasteiger partial charge in [0.25, 0.3) is 0 Å². The minimum Gasteiger partial charge on any atom is -0.488 e. The standard InChI is InChI=1S/C21H16F3NO3S/c1-13-18(12-28-17-8-5-14(6-9-17)7-10-19(26)27)29-20(25-13)15-3-2-4-16(11-15)21(22,23)24/h2-11H,12H2,1H3,(H,26,27)/b10-7+. The fourth-order valence-corrected chi connectivity index (χ4v) is 3.48. The highest BCUT2D eigenvalue weighted by atomic mass is 32.1. The van der Waals surface area contributed by atoms with Gasteiger partial charge in [-0.15, -0.1) is 11.3 Å². The van der Waals surface area contributed by atoms with Crippen molar-refractivity contribution in [3.8, 4) is 16.3 Å². The minimum absolute atomic E-state index is 0.229. The Bertz CT molecular complexity index is 1040. The summed E-state index contributed by atoms with van der Waals surface area (Å²) in [4.78, 5) is 15.7. The summed E-state index contributed by atoms with van der Waals surface area (Å²) in [5.41, 5.74) is 1.12. The van der Waals surface area contributed by atoms with E-state index in [1.54, 1.807) is 37.3 Å². The summed E-state index contributed by atoms with van der Waals surface area (Å²) in [6, 6.07) is 12.0. The fourth-order valence-electron chi connectivity index (χ4n) is 2.51. The molecule has 1 N–H and O–H groups in total. The molecule has 0 radical (unpaired) electrons. The van der Waals surface area contributed by atoms with Gasteiger partial charge in [-0.25, -0.2) is 9.78 Å². The van der Waals surface area contributed by atoms with Crippen LogP contribution in [0.4, 0.5) is 13.2 Å². The topological polar surface area (TPSA) is 59.4 Å². The number of rotatable bonds is 6. The molecule has 3 rings (SSSR count). The van der Waals surface area contributed by atoms with E-state index in [0.717, 1.165) is 28.6 Å². The minimum atomic E-state index is -4.40. The number of aryl methyl sites for hydroxylation is 1. The number of carboxylic acids is 1. The Balaban J connectivity index is 1.71. The first-order valence-corrected chi connectivity index (χ1v) is 9.32. The molecule has 0 fully saturated rings. The van der Waals surface area contributed by atoms with Gasteiger partial charge >= 0.3 is 12.1 Å². The zero-order valence-electron chi connectivity index (χ0n) is 15.2. The number of hydrogen-bond donors (Lipinski definition) is 1. The third-order valence-corrected chi connectivity index (χ3v) is 5.18. The molecule has 0 saturated heterocycles. The fraction of sp³-hybridized carbons (Fsp3) is 0.143. The van der Waals surface area contributed by atoms with E-state index in [4.69, 9.17) is 9.84 Å². The van der Waals surface area contributed by atoms with E-state index >= 15 is 0 Å². The number of carboxylic acid groups (broad SMARTS) is 1. The molecule has 0 aliphatic heterocycles. The quantitative estimate of drug-likeness (QED) is 0.512. The van der Waals surface area contributed by atoms with Gasteiger partial charge in [0.05, 0.1) is 16.1 Å². The van der Waals surface area contributed by atoms with E-state index in [2.05, 4.69) is 4.98 Å². The first kappa shape index (κ1) is 20.6. The predicted octanol–water partition coefficient (Wildman–Crippen LogP) is 5.81. The third-order valence-electron chi connectivity index (χ3n) is 4.00. The number of nitrogens with zero attached hydrogens (tertiary/aromatic N) is 1. The van der Waals surface area contributed by atoms with Gasteiger partial charge in [0.1, 0.15) is 17.4 Å². The summed E-state index contributed by atoms with van der Waals surface area (Å²) in [7, 11) is 0. The van der Waals surface area contributed by atoms with Crippen molar-refractivity contribution in [2.24, 2.45) is 0 Å². The lowest BCUT2D eigenvalue weighted by Gasteiger charge is -2.07. The summed E-state index contributed by atoms with van der Waals surface area (Å²) < 4.78 is 44.5. The van der Waals surface area contributed by atoms with E-state index in [1.165, 1.54) is 23.5 Å². The van der Waals surface area contributed by atoms with Crippen LogP contribution in [0.3, 0.4) is 0 Å². The first-order valence-electron chi connectivity index (χ1n) is 8.50. The molecule has 0 spiro atoms. The van der Waals surface area contributed by atoms with Crippen LogP contribution in [-0.2, 0) is 17.6 Å². The van der Waals surface area contributed by atoms with Crippen molar-refractivity contribution in [3.05, 3.63) is 76.3 Å². The number of ether oxygens (including phenoxy) is 1. The van der Waals surface area contributed by atoms with Gasteiger partial charge in [-0.05, 0) is 42.8 Å². The van der Waals surface area contributed by atoms with Crippen LogP contribution < -0.4 is 4.74 Å². The zero-order valence-corrected chi connectivity index (χ0v) is 16.1. The van der Waals surface area contributed by atoms with Crippen LogP contribution >= 0.6 is 11.3 Å². The smallest absolute Gasteiger partial charge is 0.416 e. The summed E-state index contributed by atoms with van der Waals surface area (Å²) in [5.74, 6) is -0.437. The maximum atomic E-state index is 12.9. The lowest BCUT2D eigenvalue weighted by Crippen LogP contribution is -2.04. The molecular formula is C21H16F3NO3S. The highest BCUT2D eigenvalue weighted by Gasteiger charge is 2.30. The van der Waals surface area contributed by atoms with Crippen molar-refractivity contribution in [1.29, 1.82) is 0 Å². The molecule has 1 heterocycles. The number of hydrogen-bond acceptors (Lipinski definition) is 4. The van der Waals surface area contributed by atoms with Gasteiger partial charge in [0.2, 0.25) is 0 Å². The molecule has 0 saturated carbocycles. The second kappa shape index (κ2) is 8.48. The summed E-state index contributed by atoms with van der Waals surface area (Å²) in [6.07, 6.45) is -1.88. The second-order valence-corrected chi connectivity index (χ2v) is 7.22. The van der Waals surface area contributed by atoms with Crippen molar-refractivity contribution in [2.45, 2.75) is 19.7 Å². The molecule has 29 heavy (non-hydrogen) atoms. The Labute approximate surface area is 168 Å². The molecule has 0 aliphatic carbocycles. The molecule has 0 bridgehead atoms. The number of thiazole rings is 1. The normalized spacial score (nSPS) is 11.7. The van der Waals surface area contributed by atoms with Gasteiger partial charge in [-0.1, -0.05) is 24.3 Å². The molecule has 8 heteroatoms. The Morgan fingerprint density at radius 2 is 1.93 bits per heavy atom. The van der Waals surface area contributed by atoms with Crippen molar-refractivity contribution >= 4 is 23.4 Å². The summed E-state index contributed by atoms with van der Waals surface area (Å²) in [6.45, 7) is 2.01. The average Bonchev–Trinajstić information content (AvgIpc) is 3.06. The number of benzene rings is 2. The Kier molecular flexibility index (Phi) is 6.03. The molecule has 3 aromatic rings. The Hall–Kier alpha value is -3.13. The molecule has 0 amide bonds. The van der Waals surface area contributed by atoms with Crippen LogP contribution in [-0.4, -0.2) is 16.1 Å². The van der Waals surface area contributed by atoms with Crippen LogP contribution in [0.25, 0.3) is 16.6 Å². The van der Waals surface area contributed by atoms with Gasteiger partial charge < -0.3 is 9.84 Å². The van der Waals surface area contributed by atoms with Crippen LogP contribution in [0, 0.1) is 6.92 Å². The van der Waals surface area contributed by atoms with Crippen LogP contribution in [0.15, 0.2) is 54.6 Å². The van der Waals surface area contributed by atoms with Crippen molar-refractivity contribution in [1.82, 2.24) is 4.98 Å². The van der Waals surface area contributed by atoms with Crippen molar-refractivity contribution < 1.29 is 27.8 Å². The maximum Gasteiger partial charge on any atom is 0.416 e. The van der Waals surface area contributed by atoms with E-state index in [9.17, 15) is 18.0 Å².